The molecule has 0 radical (unpaired) electrons. The number of likely N-dealkylation sites (tertiary alicyclic amines) is 1. The molecule has 19 heavy (non-hydrogen) atoms. The summed E-state index contributed by atoms with van der Waals surface area (Å²) >= 11 is 1.63. The summed E-state index contributed by atoms with van der Waals surface area (Å²) in [5.41, 5.74) is 0.932. The van der Waals surface area contributed by atoms with Gasteiger partial charge in [-0.25, -0.2) is 4.98 Å². The highest BCUT2D eigenvalue weighted by Gasteiger charge is 2.34. The molecule has 0 N–H and O–H groups in total. The Labute approximate surface area is 119 Å². The lowest BCUT2D eigenvalue weighted by Gasteiger charge is -2.38. The molecule has 2 aliphatic rings. The van der Waals surface area contributed by atoms with E-state index in [2.05, 4.69) is 23.7 Å². The molecule has 2 atom stereocenters. The summed E-state index contributed by atoms with van der Waals surface area (Å²) in [5, 5.41) is 1.18. The number of aryl methyl sites for hydroxylation is 1. The molecule has 1 aliphatic heterocycles. The van der Waals surface area contributed by atoms with E-state index in [9.17, 15) is 4.79 Å². The van der Waals surface area contributed by atoms with Crippen LogP contribution in [-0.2, 0) is 0 Å². The Morgan fingerprint density at radius 1 is 1.21 bits per heavy atom. The highest BCUT2D eigenvalue weighted by molar-refractivity contribution is 7.13. The van der Waals surface area contributed by atoms with Crippen LogP contribution in [0.4, 0.5) is 0 Å². The van der Waals surface area contributed by atoms with E-state index in [1.165, 1.54) is 24.3 Å². The fourth-order valence-electron chi connectivity index (χ4n) is 3.06. The second kappa shape index (κ2) is 4.89. The highest BCUT2D eigenvalue weighted by Crippen LogP contribution is 2.43. The maximum atomic E-state index is 12.8. The van der Waals surface area contributed by atoms with Crippen molar-refractivity contribution in [1.82, 2.24) is 9.88 Å². The predicted molar refractivity (Wildman–Crippen MR) is 77.8 cm³/mol. The van der Waals surface area contributed by atoms with Crippen LogP contribution < -0.4 is 0 Å². The molecular weight excluding hydrogens is 256 g/mol. The van der Waals surface area contributed by atoms with Crippen molar-refractivity contribution in [1.29, 1.82) is 0 Å². The van der Waals surface area contributed by atoms with Crippen LogP contribution in [0.1, 0.15) is 72.2 Å². The monoisotopic (exact) mass is 278 g/mol. The van der Waals surface area contributed by atoms with E-state index >= 15 is 0 Å². The highest BCUT2D eigenvalue weighted by atomic mass is 32.1. The second-order valence-electron chi connectivity index (χ2n) is 6.08. The van der Waals surface area contributed by atoms with Crippen LogP contribution in [0.3, 0.4) is 0 Å². The van der Waals surface area contributed by atoms with Crippen LogP contribution in [0.15, 0.2) is 0 Å². The van der Waals surface area contributed by atoms with Gasteiger partial charge in [-0.05, 0) is 52.9 Å². The lowest BCUT2D eigenvalue weighted by atomic mass is 9.97. The molecule has 1 aromatic heterocycles. The smallest absolute Gasteiger partial charge is 0.266 e. The number of amides is 1. The average Bonchev–Trinajstić information content (AvgIpc) is 3.12. The molecule has 3 nitrogen and oxygen atoms in total. The molecule has 104 valence electrons. The van der Waals surface area contributed by atoms with Crippen molar-refractivity contribution in [3.8, 4) is 0 Å². The number of hydrogen-bond acceptors (Lipinski definition) is 3. The number of hydrogen-bond donors (Lipinski definition) is 0. The number of aromatic nitrogens is 1. The summed E-state index contributed by atoms with van der Waals surface area (Å²) in [5.74, 6) is 0.850. The normalized spacial score (nSPS) is 27.6. The Morgan fingerprint density at radius 2 is 1.84 bits per heavy atom. The first-order valence-corrected chi connectivity index (χ1v) is 8.19. The van der Waals surface area contributed by atoms with Crippen molar-refractivity contribution in [3.05, 3.63) is 15.6 Å². The molecule has 1 amide bonds. The van der Waals surface area contributed by atoms with Crippen molar-refractivity contribution in [2.75, 3.05) is 0 Å². The van der Waals surface area contributed by atoms with Crippen molar-refractivity contribution in [3.63, 3.8) is 0 Å². The van der Waals surface area contributed by atoms with Crippen molar-refractivity contribution in [2.24, 2.45) is 0 Å². The van der Waals surface area contributed by atoms with Gasteiger partial charge in [-0.2, -0.15) is 0 Å². The van der Waals surface area contributed by atoms with Gasteiger partial charge in [0.1, 0.15) is 4.88 Å². The van der Waals surface area contributed by atoms with Crippen molar-refractivity contribution < 1.29 is 4.79 Å². The van der Waals surface area contributed by atoms with Crippen LogP contribution in [-0.4, -0.2) is 27.9 Å². The standard InChI is InChI=1S/C15H22N2OS/c1-9-5-4-6-10(2)17(9)15(18)13-11(3)16-14(19-13)12-7-8-12/h9-10,12H,4-8H2,1-3H3. The van der Waals surface area contributed by atoms with Gasteiger partial charge in [-0.1, -0.05) is 0 Å². The fraction of sp³-hybridized carbons (Fsp3) is 0.733. The molecule has 3 rings (SSSR count). The minimum absolute atomic E-state index is 0.210. The lowest BCUT2D eigenvalue weighted by Crippen LogP contribution is -2.47. The molecule has 2 unspecified atom stereocenters. The molecule has 1 saturated carbocycles. The molecule has 1 aliphatic carbocycles. The average molecular weight is 278 g/mol. The van der Waals surface area contributed by atoms with Gasteiger partial charge in [0.05, 0.1) is 10.7 Å². The van der Waals surface area contributed by atoms with Gasteiger partial charge in [0.2, 0.25) is 0 Å². The van der Waals surface area contributed by atoms with Crippen LogP contribution in [0.2, 0.25) is 0 Å². The maximum Gasteiger partial charge on any atom is 0.266 e. The van der Waals surface area contributed by atoms with E-state index in [1.54, 1.807) is 11.3 Å². The quantitative estimate of drug-likeness (QED) is 0.826. The van der Waals surface area contributed by atoms with Gasteiger partial charge in [0, 0.05) is 18.0 Å². The zero-order valence-corrected chi connectivity index (χ0v) is 12.8. The summed E-state index contributed by atoms with van der Waals surface area (Å²) < 4.78 is 0. The largest absolute Gasteiger partial charge is 0.332 e. The van der Waals surface area contributed by atoms with E-state index in [4.69, 9.17) is 0 Å². The van der Waals surface area contributed by atoms with Crippen molar-refractivity contribution >= 4 is 17.2 Å². The molecule has 2 fully saturated rings. The number of rotatable bonds is 2. The first kappa shape index (κ1) is 13.1. The molecule has 0 aromatic carbocycles. The summed E-state index contributed by atoms with van der Waals surface area (Å²) in [7, 11) is 0. The summed E-state index contributed by atoms with van der Waals surface area (Å²) in [4.78, 5) is 20.4. The SMILES string of the molecule is Cc1nc(C2CC2)sc1C(=O)N1C(C)CCCC1C. The van der Waals surface area contributed by atoms with Crippen LogP contribution >= 0.6 is 11.3 Å². The topological polar surface area (TPSA) is 33.2 Å². The first-order valence-electron chi connectivity index (χ1n) is 7.38. The summed E-state index contributed by atoms with van der Waals surface area (Å²) in [6.07, 6.45) is 5.99. The molecule has 0 bridgehead atoms. The van der Waals surface area contributed by atoms with Crippen LogP contribution in [0.5, 0.6) is 0 Å². The molecule has 4 heteroatoms. The van der Waals surface area contributed by atoms with Gasteiger partial charge < -0.3 is 4.90 Å². The van der Waals surface area contributed by atoms with Gasteiger partial charge in [-0.3, -0.25) is 4.79 Å². The number of carbonyl (C=O) groups is 1. The van der Waals surface area contributed by atoms with E-state index in [0.29, 0.717) is 18.0 Å². The zero-order chi connectivity index (χ0) is 13.6. The van der Waals surface area contributed by atoms with Crippen LogP contribution in [0, 0.1) is 6.92 Å². The molecule has 1 saturated heterocycles. The third-order valence-corrected chi connectivity index (χ3v) is 5.67. The molecule has 0 spiro atoms. The first-order chi connectivity index (χ1) is 9.08. The zero-order valence-electron chi connectivity index (χ0n) is 12.0. The second-order valence-corrected chi connectivity index (χ2v) is 7.11. The van der Waals surface area contributed by atoms with Gasteiger partial charge in [0.15, 0.2) is 0 Å². The summed E-state index contributed by atoms with van der Waals surface area (Å²) in [6.45, 7) is 6.33. The minimum atomic E-state index is 0.210. The third-order valence-electron chi connectivity index (χ3n) is 4.36. The molecular formula is C15H22N2OS. The van der Waals surface area contributed by atoms with Gasteiger partial charge in [0.25, 0.3) is 5.91 Å². The van der Waals surface area contributed by atoms with Gasteiger partial charge >= 0.3 is 0 Å². The Balaban J connectivity index is 1.85. The number of piperidine rings is 1. The third kappa shape index (κ3) is 2.42. The Morgan fingerprint density at radius 3 is 2.42 bits per heavy atom. The van der Waals surface area contributed by atoms with E-state index in [-0.39, 0.29) is 5.91 Å². The number of thiazole rings is 1. The number of nitrogens with zero attached hydrogens (tertiary/aromatic N) is 2. The molecule has 2 heterocycles. The summed E-state index contributed by atoms with van der Waals surface area (Å²) in [6, 6.07) is 0.726. The Kier molecular flexibility index (Phi) is 3.37. The Hall–Kier alpha value is -0.900. The fourth-order valence-corrected chi connectivity index (χ4v) is 4.24. The molecule has 1 aromatic rings. The van der Waals surface area contributed by atoms with Gasteiger partial charge in [-0.15, -0.1) is 11.3 Å². The maximum absolute atomic E-state index is 12.8. The van der Waals surface area contributed by atoms with Crippen LogP contribution in [0.25, 0.3) is 0 Å². The Bertz CT molecular complexity index is 482. The van der Waals surface area contributed by atoms with E-state index in [0.717, 1.165) is 23.4 Å². The van der Waals surface area contributed by atoms with E-state index in [1.807, 2.05) is 6.92 Å². The lowest BCUT2D eigenvalue weighted by molar-refractivity contribution is 0.0515. The van der Waals surface area contributed by atoms with Crippen molar-refractivity contribution in [2.45, 2.75) is 70.9 Å². The van der Waals surface area contributed by atoms with E-state index < -0.39 is 0 Å². The predicted octanol–water partition coefficient (Wildman–Crippen LogP) is 3.73. The minimum Gasteiger partial charge on any atom is -0.332 e. The number of carbonyl (C=O) groups excluding carboxylic acids is 1.